The fraction of sp³-hybridized carbons (Fsp3) is 0.385. The van der Waals surface area contributed by atoms with E-state index in [0.717, 1.165) is 18.4 Å². The number of nitrogens with one attached hydrogen (secondary N) is 1. The highest BCUT2D eigenvalue weighted by atomic mass is 32.2. The van der Waals surface area contributed by atoms with Crippen molar-refractivity contribution in [3.63, 3.8) is 0 Å². The summed E-state index contributed by atoms with van der Waals surface area (Å²) in [6.45, 7) is 0.382. The van der Waals surface area contributed by atoms with Crippen LogP contribution in [0, 0.1) is 5.82 Å². The highest BCUT2D eigenvalue weighted by Crippen LogP contribution is 2.36. The van der Waals surface area contributed by atoms with E-state index in [1.165, 1.54) is 23.9 Å². The number of rotatable bonds is 6. The zero-order valence-electron chi connectivity index (χ0n) is 11.2. The molecule has 1 amide bonds. The van der Waals surface area contributed by atoms with Gasteiger partial charge in [0.15, 0.2) is 0 Å². The molecule has 1 N–H and O–H groups in total. The Balaban J connectivity index is 1.45. The Morgan fingerprint density at radius 1 is 1.38 bits per heavy atom. The minimum atomic E-state index is -0.285. The van der Waals surface area contributed by atoms with Gasteiger partial charge in [0, 0.05) is 6.54 Å². The predicted molar refractivity (Wildman–Crippen MR) is 75.1 cm³/mol. The molecule has 1 aliphatic carbocycles. The molecule has 1 aromatic carbocycles. The van der Waals surface area contributed by atoms with E-state index < -0.39 is 0 Å². The number of carbonyl (C=O) groups is 1. The average molecular weight is 307 g/mol. The van der Waals surface area contributed by atoms with Crippen molar-refractivity contribution in [1.82, 2.24) is 25.5 Å². The van der Waals surface area contributed by atoms with E-state index in [0.29, 0.717) is 17.7 Å². The van der Waals surface area contributed by atoms with Gasteiger partial charge < -0.3 is 5.32 Å². The van der Waals surface area contributed by atoms with Crippen LogP contribution in [0.5, 0.6) is 0 Å². The number of tetrazole rings is 1. The van der Waals surface area contributed by atoms with E-state index in [4.69, 9.17) is 0 Å². The number of benzene rings is 1. The van der Waals surface area contributed by atoms with Gasteiger partial charge in [0.2, 0.25) is 11.1 Å². The Morgan fingerprint density at radius 2 is 2.14 bits per heavy atom. The van der Waals surface area contributed by atoms with Crippen molar-refractivity contribution in [2.75, 3.05) is 5.75 Å². The second-order valence-corrected chi connectivity index (χ2v) is 5.77. The Bertz CT molecular complexity index is 626. The predicted octanol–water partition coefficient (Wildman–Crippen LogP) is 1.56. The van der Waals surface area contributed by atoms with Crippen molar-refractivity contribution >= 4 is 17.7 Å². The van der Waals surface area contributed by atoms with E-state index in [1.54, 1.807) is 16.8 Å². The summed E-state index contributed by atoms with van der Waals surface area (Å²) in [5.74, 6) is -0.129. The fourth-order valence-corrected chi connectivity index (χ4v) is 2.59. The largest absolute Gasteiger partial charge is 0.351 e. The molecular formula is C13H14FN5OS. The zero-order valence-corrected chi connectivity index (χ0v) is 12.0. The summed E-state index contributed by atoms with van der Waals surface area (Å²) in [4.78, 5) is 11.8. The van der Waals surface area contributed by atoms with Gasteiger partial charge in [-0.25, -0.2) is 9.07 Å². The first-order valence-corrected chi connectivity index (χ1v) is 7.63. The van der Waals surface area contributed by atoms with Crippen LogP contribution >= 0.6 is 11.8 Å². The molecule has 2 aromatic rings. The molecule has 0 atom stereocenters. The molecule has 0 saturated heterocycles. The molecule has 0 radical (unpaired) electrons. The highest BCUT2D eigenvalue weighted by Gasteiger charge is 2.28. The third kappa shape index (κ3) is 3.78. The molecule has 21 heavy (non-hydrogen) atoms. The SMILES string of the molecule is O=C(CSc1nnnn1C1CC1)NCc1ccc(F)cc1. The lowest BCUT2D eigenvalue weighted by atomic mass is 10.2. The van der Waals surface area contributed by atoms with Crippen molar-refractivity contribution < 1.29 is 9.18 Å². The molecule has 1 heterocycles. The van der Waals surface area contributed by atoms with Gasteiger partial charge in [-0.15, -0.1) is 5.10 Å². The van der Waals surface area contributed by atoms with Crippen LogP contribution in [0.4, 0.5) is 4.39 Å². The maximum atomic E-state index is 12.8. The van der Waals surface area contributed by atoms with Crippen LogP contribution in [0.2, 0.25) is 0 Å². The van der Waals surface area contributed by atoms with E-state index in [-0.39, 0.29) is 17.5 Å². The van der Waals surface area contributed by atoms with E-state index in [2.05, 4.69) is 20.8 Å². The number of aromatic nitrogens is 4. The summed E-state index contributed by atoms with van der Waals surface area (Å²) >= 11 is 1.32. The molecule has 0 bridgehead atoms. The molecule has 0 spiro atoms. The second kappa shape index (κ2) is 6.21. The van der Waals surface area contributed by atoms with Gasteiger partial charge >= 0.3 is 0 Å². The summed E-state index contributed by atoms with van der Waals surface area (Å²) in [5, 5.41) is 14.9. The van der Waals surface area contributed by atoms with Crippen molar-refractivity contribution in [2.45, 2.75) is 30.6 Å². The van der Waals surface area contributed by atoms with Gasteiger partial charge in [0.05, 0.1) is 11.8 Å². The molecule has 3 rings (SSSR count). The lowest BCUT2D eigenvalue weighted by Crippen LogP contribution is -2.24. The number of thioether (sulfide) groups is 1. The quantitative estimate of drug-likeness (QED) is 0.820. The smallest absolute Gasteiger partial charge is 0.230 e. The Kier molecular flexibility index (Phi) is 4.14. The van der Waals surface area contributed by atoms with Crippen molar-refractivity contribution in [3.8, 4) is 0 Å². The molecule has 6 nitrogen and oxygen atoms in total. The molecule has 8 heteroatoms. The normalized spacial score (nSPS) is 14.1. The van der Waals surface area contributed by atoms with Gasteiger partial charge in [-0.3, -0.25) is 4.79 Å². The third-order valence-corrected chi connectivity index (χ3v) is 4.02. The van der Waals surface area contributed by atoms with Gasteiger partial charge in [0.25, 0.3) is 0 Å². The average Bonchev–Trinajstić information content (AvgIpc) is 3.23. The van der Waals surface area contributed by atoms with Crippen LogP contribution in [0.3, 0.4) is 0 Å². The molecule has 1 aliphatic rings. The molecular weight excluding hydrogens is 293 g/mol. The number of halogens is 1. The summed E-state index contributed by atoms with van der Waals surface area (Å²) in [7, 11) is 0. The van der Waals surface area contributed by atoms with Gasteiger partial charge in [-0.1, -0.05) is 23.9 Å². The van der Waals surface area contributed by atoms with E-state index >= 15 is 0 Å². The van der Waals surface area contributed by atoms with Crippen LogP contribution in [-0.4, -0.2) is 31.9 Å². The summed E-state index contributed by atoms with van der Waals surface area (Å²) in [6, 6.07) is 6.44. The first-order chi connectivity index (χ1) is 10.2. The maximum absolute atomic E-state index is 12.8. The number of hydrogen-bond acceptors (Lipinski definition) is 5. The summed E-state index contributed by atoms with van der Waals surface area (Å²) < 4.78 is 14.5. The fourth-order valence-electron chi connectivity index (χ4n) is 1.81. The number of nitrogens with zero attached hydrogens (tertiary/aromatic N) is 4. The lowest BCUT2D eigenvalue weighted by Gasteiger charge is -2.05. The maximum Gasteiger partial charge on any atom is 0.230 e. The van der Waals surface area contributed by atoms with Crippen LogP contribution in [0.15, 0.2) is 29.4 Å². The Morgan fingerprint density at radius 3 is 2.86 bits per heavy atom. The molecule has 0 unspecified atom stereocenters. The first-order valence-electron chi connectivity index (χ1n) is 6.64. The van der Waals surface area contributed by atoms with Gasteiger partial charge in [-0.05, 0) is 41.0 Å². The van der Waals surface area contributed by atoms with Crippen molar-refractivity contribution in [3.05, 3.63) is 35.6 Å². The molecule has 1 saturated carbocycles. The number of amides is 1. The highest BCUT2D eigenvalue weighted by molar-refractivity contribution is 7.99. The monoisotopic (exact) mass is 307 g/mol. The van der Waals surface area contributed by atoms with Gasteiger partial charge in [-0.2, -0.15) is 0 Å². The lowest BCUT2D eigenvalue weighted by molar-refractivity contribution is -0.118. The number of hydrogen-bond donors (Lipinski definition) is 1. The van der Waals surface area contributed by atoms with E-state index in [1.807, 2.05) is 0 Å². The summed E-state index contributed by atoms with van der Waals surface area (Å²) in [5.41, 5.74) is 0.859. The first kappa shape index (κ1) is 14.0. The van der Waals surface area contributed by atoms with Crippen LogP contribution in [-0.2, 0) is 11.3 Å². The Hall–Kier alpha value is -1.96. The Labute approximate surface area is 125 Å². The molecule has 110 valence electrons. The van der Waals surface area contributed by atoms with E-state index in [9.17, 15) is 9.18 Å². The topological polar surface area (TPSA) is 72.7 Å². The zero-order chi connectivity index (χ0) is 14.7. The van der Waals surface area contributed by atoms with Crippen LogP contribution in [0.25, 0.3) is 0 Å². The minimum Gasteiger partial charge on any atom is -0.351 e. The standard InChI is InChI=1S/C13H14FN5OS/c14-10-3-1-9(2-4-10)7-15-12(20)8-21-13-16-17-18-19(13)11-5-6-11/h1-4,11H,5-8H2,(H,15,20). The minimum absolute atomic E-state index is 0.102. The van der Waals surface area contributed by atoms with Crippen molar-refractivity contribution in [1.29, 1.82) is 0 Å². The number of carbonyl (C=O) groups excluding carboxylic acids is 1. The van der Waals surface area contributed by atoms with Crippen LogP contribution in [0.1, 0.15) is 24.4 Å². The van der Waals surface area contributed by atoms with Gasteiger partial charge in [0.1, 0.15) is 5.82 Å². The van der Waals surface area contributed by atoms with Crippen molar-refractivity contribution in [2.24, 2.45) is 0 Å². The summed E-state index contributed by atoms with van der Waals surface area (Å²) in [6.07, 6.45) is 2.19. The third-order valence-electron chi connectivity index (χ3n) is 3.09. The molecule has 1 fully saturated rings. The second-order valence-electron chi connectivity index (χ2n) is 4.83. The molecule has 1 aromatic heterocycles. The van der Waals surface area contributed by atoms with Crippen LogP contribution < -0.4 is 5.32 Å². The molecule has 0 aliphatic heterocycles.